The minimum absolute atomic E-state index is 0.0410. The van der Waals surface area contributed by atoms with Crippen LogP contribution in [-0.2, 0) is 41.4 Å². The molecule has 1 unspecified atom stereocenters. The summed E-state index contributed by atoms with van der Waals surface area (Å²) in [5.74, 6) is 6.45. The Balaban J connectivity index is 0.000000282. The molecule has 14 rings (SSSR count). The number of nitrogens with one attached hydrogen (secondary N) is 2. The van der Waals surface area contributed by atoms with Crippen LogP contribution in [0.3, 0.4) is 0 Å². The van der Waals surface area contributed by atoms with Gasteiger partial charge in [-0.25, -0.2) is 31.5 Å². The molecule has 12 N–H and O–H groups in total. The molecule has 12 aromatic rings. The summed E-state index contributed by atoms with van der Waals surface area (Å²) in [6.07, 6.45) is 1.65. The maximum Gasteiger partial charge on any atom is 0.324 e. The number of aryl methyl sites for hydroxylation is 2. The number of ether oxygens (including phenoxy) is 3. The number of nitrogens with zero attached hydrogens (tertiary/aromatic N) is 2. The first-order chi connectivity index (χ1) is 67.3. The van der Waals surface area contributed by atoms with Gasteiger partial charge in [0.2, 0.25) is 10.0 Å². The zero-order valence-electron chi connectivity index (χ0n) is 91.1. The van der Waals surface area contributed by atoms with E-state index < -0.39 is 47.9 Å². The SMILES string of the molecule is CC(C)c1ccc(C(C)(C)N)cc1.CC(C)c1ccc(C(O)C2CC2)cc1.CC(C)c1ccc(OC2CNC2)cc1.CC(C)c1ccc(S(=O)(=O)C(C)(C)C(=O)O)cc1.CC(C)c1ccc([C@@](C)(O)CO)cc1.CC(C)c1ccc([C@](C)(O)CO)cc1.CC(C)c1ccc2ncsc2c1.CNS(=O)(=O)c1ccc(C(C)C)cc1C.COc1cc(C(C)C)ccc1OC[C@@H](O)CO.Cc1nc2ccc(C(C)C)cc2s1. The van der Waals surface area contributed by atoms with Gasteiger partial charge in [0.1, 0.15) is 35.8 Å². The van der Waals surface area contributed by atoms with Gasteiger partial charge in [0.05, 0.1) is 73.8 Å². The number of thiazole rings is 2. The summed E-state index contributed by atoms with van der Waals surface area (Å²) in [5.41, 5.74) is 24.9. The molecule has 2 aliphatic rings. The summed E-state index contributed by atoms with van der Waals surface area (Å²) in [4.78, 5) is 20.1. The third-order valence-electron chi connectivity index (χ3n) is 25.1. The first kappa shape index (κ1) is 125. The lowest BCUT2D eigenvalue weighted by molar-refractivity contribution is -0.139. The van der Waals surface area contributed by atoms with E-state index in [4.69, 9.17) is 40.4 Å². The summed E-state index contributed by atoms with van der Waals surface area (Å²) in [5, 5.41) is 78.6. The van der Waals surface area contributed by atoms with E-state index in [-0.39, 0.29) is 43.0 Å². The second kappa shape index (κ2) is 58.2. The maximum atomic E-state index is 12.2. The van der Waals surface area contributed by atoms with Crippen LogP contribution in [0.15, 0.2) is 234 Å². The fourth-order valence-electron chi connectivity index (χ4n) is 14.1. The van der Waals surface area contributed by atoms with Gasteiger partial charge in [-0.1, -0.05) is 290 Å². The number of sulfonamides is 1. The zero-order chi connectivity index (χ0) is 108. The van der Waals surface area contributed by atoms with Crippen LogP contribution in [0.5, 0.6) is 17.2 Å². The highest BCUT2D eigenvalue weighted by molar-refractivity contribution is 7.93. The number of aliphatic hydroxyl groups excluding tert-OH is 5. The number of methoxy groups -OCH3 is 1. The summed E-state index contributed by atoms with van der Waals surface area (Å²) in [7, 11) is -4.20. The standard InChI is InChI=1S/C13H18O4S.C13H20O4.C13H18O.C12H17NO.C12H19N.2C12H18O2.C11H17NO2S.C11H13NS.C10H11NS/c1-9(2)10-5-7-11(8-6-10)18(16,17)13(3,4)12(14)15;1-9(2)10-4-5-12(13(6-10)16-3)17-8-11(15)7-14;1-9(2)10-3-5-11(6-4-10)13(14)12-7-8-12;1-9(2)10-3-5-11(6-4-10)14-12-7-13-8-12;1-9(2)10-5-7-11(8-6-10)12(3,4)13;2*1-9(2)10-4-6-11(7-5-10)12(3,14)8-13;1-8(2)10-5-6-11(9(3)7-10)15(13,14)12-4;1-7(2)9-4-5-10-11(6-9)13-8(3)12-10;1-7(2)8-3-4-9-10(5-8)12-6-11-9/h5-9H,1-4H3,(H,14,15);4-6,9,11,14-15H,7-8H2,1-3H3;3-6,9,12-14H,7-8H2,1-2H3;3-6,9,12-13H,7-8H2,1-2H3;5-9H,13H2,1-4H3;2*4-7,9,13-14H,8H2,1-3H3;5-8,12H,1-4H3;4-7H,1-3H3;3-7H,1-2H3/t;11-;;;;2*12-;;;/m.0...10.../s1. The van der Waals surface area contributed by atoms with Crippen molar-refractivity contribution in [3.63, 3.8) is 0 Å². The fraction of sp³-hybridized carbons (Fsp3) is 0.471. The summed E-state index contributed by atoms with van der Waals surface area (Å²) < 4.78 is 67.0. The lowest BCUT2D eigenvalue weighted by Crippen LogP contribution is -2.50. The van der Waals surface area contributed by atoms with Gasteiger partial charge in [0.25, 0.3) is 0 Å². The molecular formula is C119H169N5O16S4. The molecular weight excluding hydrogens is 1880 g/mol. The van der Waals surface area contributed by atoms with Crippen molar-refractivity contribution in [3.05, 3.63) is 312 Å². The van der Waals surface area contributed by atoms with Crippen LogP contribution >= 0.6 is 22.7 Å². The smallest absolute Gasteiger partial charge is 0.324 e. The molecule has 144 heavy (non-hydrogen) atoms. The van der Waals surface area contributed by atoms with Crippen LogP contribution in [0.1, 0.15) is 347 Å². The monoisotopic (exact) mass is 2050 g/mol. The number of aromatic nitrogens is 2. The summed E-state index contributed by atoms with van der Waals surface area (Å²) in [6.45, 7) is 57.6. The Hall–Kier alpha value is -9.65. The Labute approximate surface area is 870 Å². The molecule has 0 spiro atoms. The summed E-state index contributed by atoms with van der Waals surface area (Å²) in [6, 6.07) is 71.4. The van der Waals surface area contributed by atoms with Crippen LogP contribution in [0.2, 0.25) is 0 Å². The van der Waals surface area contributed by atoms with E-state index in [1.165, 1.54) is 99.8 Å². The number of hydrogen-bond donors (Lipinski definition) is 11. The lowest BCUT2D eigenvalue weighted by Gasteiger charge is -2.27. The molecule has 3 heterocycles. The Kier molecular flexibility index (Phi) is 50.4. The minimum Gasteiger partial charge on any atom is -0.493 e. The van der Waals surface area contributed by atoms with E-state index in [1.54, 1.807) is 61.8 Å². The maximum absolute atomic E-state index is 12.2. The highest BCUT2D eigenvalue weighted by Gasteiger charge is 2.43. The van der Waals surface area contributed by atoms with E-state index in [9.17, 15) is 42.1 Å². The predicted octanol–water partition coefficient (Wildman–Crippen LogP) is 25.6. The number of carboxylic acids is 1. The van der Waals surface area contributed by atoms with Gasteiger partial charge < -0.3 is 66.1 Å². The molecule has 2 aromatic heterocycles. The van der Waals surface area contributed by atoms with E-state index in [0.717, 1.165) is 73.8 Å². The fourth-order valence-corrected chi connectivity index (χ4v) is 18.0. The molecule has 0 amide bonds. The third kappa shape index (κ3) is 39.5. The quantitative estimate of drug-likeness (QED) is 0.0207. The molecule has 25 heteroatoms. The molecule has 21 nitrogen and oxygen atoms in total. The number of hydrogen-bond acceptors (Lipinski definition) is 21. The number of carbonyl (C=O) groups is 1. The van der Waals surface area contributed by atoms with E-state index in [0.29, 0.717) is 87.6 Å². The van der Waals surface area contributed by atoms with Crippen LogP contribution in [0.4, 0.5) is 0 Å². The number of aliphatic carboxylic acids is 1. The van der Waals surface area contributed by atoms with Crippen molar-refractivity contribution in [1.29, 1.82) is 0 Å². The van der Waals surface area contributed by atoms with Gasteiger partial charge in [0, 0.05) is 18.6 Å². The molecule has 790 valence electrons. The molecule has 1 aliphatic carbocycles. The highest BCUT2D eigenvalue weighted by Crippen LogP contribution is 2.42. The Morgan fingerprint density at radius 3 is 1.20 bits per heavy atom. The largest absolute Gasteiger partial charge is 0.493 e. The van der Waals surface area contributed by atoms with Crippen molar-refractivity contribution in [2.75, 3.05) is 53.7 Å². The molecule has 2 fully saturated rings. The number of benzene rings is 10. The second-order valence-electron chi connectivity index (χ2n) is 41.6. The van der Waals surface area contributed by atoms with Crippen molar-refractivity contribution in [1.82, 2.24) is 20.0 Å². The average Bonchev–Trinajstić information content (AvgIpc) is 1.65. The summed E-state index contributed by atoms with van der Waals surface area (Å²) >= 11 is 3.48. The molecule has 1 aliphatic heterocycles. The predicted molar refractivity (Wildman–Crippen MR) is 597 cm³/mol. The molecule has 10 aromatic carbocycles. The highest BCUT2D eigenvalue weighted by atomic mass is 32.2. The second-order valence-corrected chi connectivity index (χ2v) is 48.1. The minimum atomic E-state index is -3.88. The van der Waals surface area contributed by atoms with Gasteiger partial charge in [-0.2, -0.15) is 0 Å². The number of carboxylic acid groups (broad SMARTS) is 1. The number of rotatable bonds is 29. The number of nitrogens with two attached hydrogens (primary N) is 1. The Morgan fingerprint density at radius 2 is 0.833 bits per heavy atom. The normalized spacial score (nSPS) is 13.9. The van der Waals surface area contributed by atoms with E-state index in [1.807, 2.05) is 119 Å². The van der Waals surface area contributed by atoms with Crippen molar-refractivity contribution in [2.24, 2.45) is 11.7 Å². The van der Waals surface area contributed by atoms with Crippen molar-refractivity contribution >= 4 is 68.9 Å². The van der Waals surface area contributed by atoms with Crippen LogP contribution < -0.4 is 30.0 Å². The van der Waals surface area contributed by atoms with Crippen molar-refractivity contribution < 1.29 is 76.7 Å². The van der Waals surface area contributed by atoms with Gasteiger partial charge in [-0.3, -0.25) is 4.79 Å². The molecule has 4 atom stereocenters. The van der Waals surface area contributed by atoms with Crippen molar-refractivity contribution in [3.8, 4) is 17.2 Å². The molecule has 0 radical (unpaired) electrons. The first-order valence-electron chi connectivity index (χ1n) is 50.2. The molecule has 1 saturated heterocycles. The van der Waals surface area contributed by atoms with Crippen molar-refractivity contribution in [2.45, 2.75) is 315 Å². The van der Waals surface area contributed by atoms with Crippen LogP contribution in [0.25, 0.3) is 20.4 Å². The number of fused-ring (bicyclic) bond motifs is 2. The van der Waals surface area contributed by atoms with Crippen LogP contribution in [-0.4, -0.2) is 144 Å². The zero-order valence-corrected chi connectivity index (χ0v) is 94.3. The third-order valence-corrected chi connectivity index (χ3v) is 30.8. The van der Waals surface area contributed by atoms with Gasteiger partial charge in [0.15, 0.2) is 26.1 Å². The van der Waals surface area contributed by atoms with Gasteiger partial charge >= 0.3 is 5.97 Å². The topological polar surface area (TPSA) is 351 Å². The average molecular weight is 2050 g/mol. The Bertz CT molecular complexity index is 5970. The Morgan fingerprint density at radius 1 is 0.472 bits per heavy atom. The van der Waals surface area contributed by atoms with Gasteiger partial charge in [-0.05, 0) is 291 Å². The van der Waals surface area contributed by atoms with Crippen LogP contribution in [0, 0.1) is 19.8 Å². The van der Waals surface area contributed by atoms with E-state index >= 15 is 0 Å². The lowest BCUT2D eigenvalue weighted by atomic mass is 9.93. The molecule has 0 bridgehead atoms. The first-order valence-corrected chi connectivity index (χ1v) is 54.9. The number of aliphatic hydroxyl groups is 7. The molecule has 1 saturated carbocycles. The number of sulfone groups is 1. The van der Waals surface area contributed by atoms with E-state index in [2.05, 4.69) is 261 Å². The van der Waals surface area contributed by atoms with Gasteiger partial charge in [-0.15, -0.1) is 22.7 Å².